The van der Waals surface area contributed by atoms with E-state index in [1.165, 1.54) is 60.4 Å². The summed E-state index contributed by atoms with van der Waals surface area (Å²) >= 11 is 0. The Hall–Kier alpha value is -2.94. The number of fused-ring (bicyclic) bond motifs is 1. The molecule has 0 aliphatic heterocycles. The zero-order chi connectivity index (χ0) is 20.8. The summed E-state index contributed by atoms with van der Waals surface area (Å²) in [6, 6.07) is 8.19. The van der Waals surface area contributed by atoms with Crippen LogP contribution in [-0.2, 0) is 23.9 Å². The minimum absolute atomic E-state index is 0.00402. The number of rotatable bonds is 4. The van der Waals surface area contributed by atoms with Gasteiger partial charge in [-0.1, -0.05) is 12.1 Å². The number of sulfone groups is 1. The normalized spacial score (nSPS) is 11.9. The third-order valence-corrected chi connectivity index (χ3v) is 6.86. The van der Waals surface area contributed by atoms with Crippen LogP contribution in [0.3, 0.4) is 0 Å². The van der Waals surface area contributed by atoms with E-state index in [0.29, 0.717) is 11.0 Å². The second-order valence-electron chi connectivity index (χ2n) is 6.77. The van der Waals surface area contributed by atoms with Crippen LogP contribution in [0.25, 0.3) is 11.0 Å². The molecule has 0 aliphatic rings. The molecule has 0 fully saturated rings. The lowest BCUT2D eigenvalue weighted by molar-refractivity contribution is 0.102. The summed E-state index contributed by atoms with van der Waals surface area (Å²) in [4.78, 5) is 24.7. The van der Waals surface area contributed by atoms with Crippen molar-refractivity contribution in [3.05, 3.63) is 58.3 Å². The first-order valence-electron chi connectivity index (χ1n) is 8.55. The second kappa shape index (κ2) is 6.90. The number of halogens is 1. The molecule has 7 nitrogen and oxygen atoms in total. The molecule has 0 aliphatic carbocycles. The SMILES string of the molecule is CC(C)S(=O)(=O)c1cc2c(cc1NC(=O)c1ccccc1F)n(C)c(=O)n2C. The van der Waals surface area contributed by atoms with Crippen LogP contribution in [0.2, 0.25) is 0 Å². The lowest BCUT2D eigenvalue weighted by atomic mass is 10.2. The molecule has 28 heavy (non-hydrogen) atoms. The predicted octanol–water partition coefficient (Wildman–Crippen LogP) is 2.45. The second-order valence-corrected chi connectivity index (χ2v) is 9.24. The minimum atomic E-state index is -3.79. The zero-order valence-electron chi connectivity index (χ0n) is 15.9. The Bertz CT molecular complexity index is 1260. The van der Waals surface area contributed by atoms with Crippen molar-refractivity contribution in [1.82, 2.24) is 9.13 Å². The molecule has 0 unspecified atom stereocenters. The average molecular weight is 405 g/mol. The van der Waals surface area contributed by atoms with E-state index in [1.807, 2.05) is 0 Å². The van der Waals surface area contributed by atoms with Crippen LogP contribution in [0.4, 0.5) is 10.1 Å². The molecule has 3 rings (SSSR count). The molecule has 1 amide bonds. The highest BCUT2D eigenvalue weighted by Gasteiger charge is 2.26. The summed E-state index contributed by atoms with van der Waals surface area (Å²) in [5.74, 6) is -1.50. The molecule has 0 saturated carbocycles. The van der Waals surface area contributed by atoms with E-state index >= 15 is 0 Å². The molecule has 1 heterocycles. The summed E-state index contributed by atoms with van der Waals surface area (Å²) in [6.45, 7) is 3.04. The molecular formula is C19H20FN3O4S. The van der Waals surface area contributed by atoms with Crippen molar-refractivity contribution in [2.24, 2.45) is 14.1 Å². The Morgan fingerprint density at radius 3 is 2.21 bits per heavy atom. The first kappa shape index (κ1) is 19.8. The van der Waals surface area contributed by atoms with Gasteiger partial charge in [0.25, 0.3) is 5.91 Å². The summed E-state index contributed by atoms with van der Waals surface area (Å²) < 4.78 is 42.4. The summed E-state index contributed by atoms with van der Waals surface area (Å²) in [7, 11) is -0.709. The highest BCUT2D eigenvalue weighted by atomic mass is 32.2. The minimum Gasteiger partial charge on any atom is -0.321 e. The smallest absolute Gasteiger partial charge is 0.321 e. The Morgan fingerprint density at radius 1 is 1.07 bits per heavy atom. The molecule has 0 atom stereocenters. The zero-order valence-corrected chi connectivity index (χ0v) is 16.7. The molecule has 0 spiro atoms. The number of carbonyl (C=O) groups is 1. The van der Waals surface area contributed by atoms with E-state index < -0.39 is 26.8 Å². The molecule has 9 heteroatoms. The number of hydrogen-bond donors (Lipinski definition) is 1. The fourth-order valence-electron chi connectivity index (χ4n) is 2.95. The number of hydrogen-bond acceptors (Lipinski definition) is 4. The number of nitrogens with one attached hydrogen (secondary N) is 1. The van der Waals surface area contributed by atoms with E-state index in [2.05, 4.69) is 5.32 Å². The van der Waals surface area contributed by atoms with Crippen molar-refractivity contribution >= 4 is 32.5 Å². The van der Waals surface area contributed by atoms with Gasteiger partial charge in [-0.3, -0.25) is 13.9 Å². The van der Waals surface area contributed by atoms with Gasteiger partial charge in [0.15, 0.2) is 9.84 Å². The van der Waals surface area contributed by atoms with Crippen molar-refractivity contribution in [3.63, 3.8) is 0 Å². The molecule has 0 radical (unpaired) electrons. The van der Waals surface area contributed by atoms with Crippen LogP contribution in [0, 0.1) is 5.82 Å². The fraction of sp³-hybridized carbons (Fsp3) is 0.263. The van der Waals surface area contributed by atoms with E-state index in [0.717, 1.165) is 6.07 Å². The molecule has 0 saturated heterocycles. The number of amides is 1. The van der Waals surface area contributed by atoms with Gasteiger partial charge in [0.2, 0.25) is 0 Å². The van der Waals surface area contributed by atoms with Crippen LogP contribution < -0.4 is 11.0 Å². The number of carbonyl (C=O) groups excluding carboxylic acids is 1. The summed E-state index contributed by atoms with van der Waals surface area (Å²) in [6.07, 6.45) is 0. The van der Waals surface area contributed by atoms with Crippen LogP contribution in [-0.4, -0.2) is 28.7 Å². The lowest BCUT2D eigenvalue weighted by Gasteiger charge is -2.15. The van der Waals surface area contributed by atoms with Crippen LogP contribution in [0.5, 0.6) is 0 Å². The number of nitrogens with zero attached hydrogens (tertiary/aromatic N) is 2. The number of aryl methyl sites for hydroxylation is 2. The Kier molecular flexibility index (Phi) is 4.88. The van der Waals surface area contributed by atoms with Crippen LogP contribution in [0.15, 0.2) is 46.1 Å². The van der Waals surface area contributed by atoms with Crippen LogP contribution in [0.1, 0.15) is 24.2 Å². The highest BCUT2D eigenvalue weighted by Crippen LogP contribution is 2.30. The first-order chi connectivity index (χ1) is 13.1. The van der Waals surface area contributed by atoms with Gasteiger partial charge in [0.05, 0.1) is 32.4 Å². The standard InChI is InChI=1S/C19H20FN3O4S/c1-11(2)28(26,27)17-10-16-15(22(3)19(25)23(16)4)9-14(17)21-18(24)12-7-5-6-8-13(12)20/h5-11H,1-4H3,(H,21,24). The van der Waals surface area contributed by atoms with E-state index in [1.54, 1.807) is 7.05 Å². The number of anilines is 1. The maximum atomic E-state index is 14.0. The van der Waals surface area contributed by atoms with Gasteiger partial charge in [-0.05, 0) is 38.1 Å². The summed E-state index contributed by atoms with van der Waals surface area (Å²) in [5, 5.41) is 1.74. The van der Waals surface area contributed by atoms with Crippen molar-refractivity contribution in [3.8, 4) is 0 Å². The van der Waals surface area contributed by atoms with E-state index in [4.69, 9.17) is 0 Å². The monoisotopic (exact) mass is 405 g/mol. The van der Waals surface area contributed by atoms with Crippen molar-refractivity contribution in [2.45, 2.75) is 24.0 Å². The molecular weight excluding hydrogens is 385 g/mol. The van der Waals surface area contributed by atoms with E-state index in [-0.39, 0.29) is 21.8 Å². The Morgan fingerprint density at radius 2 is 1.64 bits per heavy atom. The topological polar surface area (TPSA) is 90.2 Å². The van der Waals surface area contributed by atoms with Gasteiger partial charge in [0.1, 0.15) is 5.82 Å². The van der Waals surface area contributed by atoms with Crippen LogP contribution >= 0.6 is 0 Å². The molecule has 3 aromatic rings. The van der Waals surface area contributed by atoms with Gasteiger partial charge in [-0.25, -0.2) is 17.6 Å². The Balaban J connectivity index is 2.25. The Labute approximate surface area is 161 Å². The number of benzene rings is 2. The molecule has 1 N–H and O–H groups in total. The van der Waals surface area contributed by atoms with Gasteiger partial charge in [0, 0.05) is 14.1 Å². The maximum Gasteiger partial charge on any atom is 0.328 e. The quantitative estimate of drug-likeness (QED) is 0.722. The largest absolute Gasteiger partial charge is 0.328 e. The third-order valence-electron chi connectivity index (χ3n) is 4.67. The van der Waals surface area contributed by atoms with Gasteiger partial charge in [-0.15, -0.1) is 0 Å². The van der Waals surface area contributed by atoms with Gasteiger partial charge in [-0.2, -0.15) is 0 Å². The van der Waals surface area contributed by atoms with Crippen molar-refractivity contribution in [1.29, 1.82) is 0 Å². The average Bonchev–Trinajstić information content (AvgIpc) is 2.85. The first-order valence-corrected chi connectivity index (χ1v) is 10.1. The predicted molar refractivity (Wildman–Crippen MR) is 105 cm³/mol. The van der Waals surface area contributed by atoms with Crippen molar-refractivity contribution in [2.75, 3.05) is 5.32 Å². The third kappa shape index (κ3) is 3.11. The molecule has 148 valence electrons. The lowest BCUT2D eigenvalue weighted by Crippen LogP contribution is -2.20. The van der Waals surface area contributed by atoms with E-state index in [9.17, 15) is 22.4 Å². The maximum absolute atomic E-state index is 14.0. The number of aromatic nitrogens is 2. The number of imidazole rings is 1. The van der Waals surface area contributed by atoms with Gasteiger partial charge >= 0.3 is 5.69 Å². The van der Waals surface area contributed by atoms with Crippen molar-refractivity contribution < 1.29 is 17.6 Å². The molecule has 2 aromatic carbocycles. The highest BCUT2D eigenvalue weighted by molar-refractivity contribution is 7.92. The van der Waals surface area contributed by atoms with Gasteiger partial charge < -0.3 is 5.32 Å². The summed E-state index contributed by atoms with van der Waals surface area (Å²) in [5.41, 5.74) is 0.309. The fourth-order valence-corrected chi connectivity index (χ4v) is 4.15. The molecule has 1 aromatic heterocycles. The molecule has 0 bridgehead atoms.